The standard InChI is InChI=1S/C10H14N2O3S/c11-8(6-9(13)14)10(15)12-4-3-7-2-1-5-16-7/h1-2,5,8H,3-4,6,11H2,(H,12,15)(H,13,14). The summed E-state index contributed by atoms with van der Waals surface area (Å²) < 4.78 is 0. The summed E-state index contributed by atoms with van der Waals surface area (Å²) in [5.41, 5.74) is 5.39. The van der Waals surface area contributed by atoms with Crippen LogP contribution >= 0.6 is 11.3 Å². The molecule has 6 heteroatoms. The number of hydrogen-bond donors (Lipinski definition) is 3. The van der Waals surface area contributed by atoms with Gasteiger partial charge in [0.1, 0.15) is 0 Å². The minimum atomic E-state index is -1.07. The fourth-order valence-electron chi connectivity index (χ4n) is 1.18. The number of thiophene rings is 1. The van der Waals surface area contributed by atoms with Crippen molar-refractivity contribution in [1.29, 1.82) is 0 Å². The summed E-state index contributed by atoms with van der Waals surface area (Å²) in [6, 6.07) is 2.95. The summed E-state index contributed by atoms with van der Waals surface area (Å²) in [5.74, 6) is -1.49. The Hall–Kier alpha value is -1.40. The fourth-order valence-corrected chi connectivity index (χ4v) is 1.88. The van der Waals surface area contributed by atoms with Gasteiger partial charge in [-0.15, -0.1) is 11.3 Å². The van der Waals surface area contributed by atoms with Crippen LogP contribution < -0.4 is 11.1 Å². The first kappa shape index (κ1) is 12.7. The van der Waals surface area contributed by atoms with Gasteiger partial charge in [-0.3, -0.25) is 9.59 Å². The van der Waals surface area contributed by atoms with Gasteiger partial charge in [0.2, 0.25) is 5.91 Å². The van der Waals surface area contributed by atoms with Gasteiger partial charge in [0.05, 0.1) is 12.5 Å². The Balaban J connectivity index is 2.22. The molecular weight excluding hydrogens is 228 g/mol. The van der Waals surface area contributed by atoms with E-state index >= 15 is 0 Å². The Labute approximate surface area is 97.3 Å². The van der Waals surface area contributed by atoms with Crippen LogP contribution in [0.2, 0.25) is 0 Å². The highest BCUT2D eigenvalue weighted by molar-refractivity contribution is 7.09. The zero-order chi connectivity index (χ0) is 12.0. The van der Waals surface area contributed by atoms with E-state index in [9.17, 15) is 9.59 Å². The molecule has 0 saturated carbocycles. The van der Waals surface area contributed by atoms with Crippen molar-refractivity contribution < 1.29 is 14.7 Å². The van der Waals surface area contributed by atoms with Gasteiger partial charge in [-0.1, -0.05) is 6.07 Å². The van der Waals surface area contributed by atoms with Gasteiger partial charge < -0.3 is 16.2 Å². The van der Waals surface area contributed by atoms with Crippen LogP contribution in [0, 0.1) is 0 Å². The van der Waals surface area contributed by atoms with E-state index in [2.05, 4.69) is 5.32 Å². The van der Waals surface area contributed by atoms with E-state index in [-0.39, 0.29) is 6.42 Å². The van der Waals surface area contributed by atoms with Gasteiger partial charge in [-0.25, -0.2) is 0 Å². The van der Waals surface area contributed by atoms with Crippen LogP contribution in [-0.2, 0) is 16.0 Å². The molecule has 0 aliphatic rings. The minimum absolute atomic E-state index is 0.342. The second-order valence-electron chi connectivity index (χ2n) is 3.32. The maximum absolute atomic E-state index is 11.3. The summed E-state index contributed by atoms with van der Waals surface area (Å²) in [5, 5.41) is 13.0. The van der Waals surface area contributed by atoms with Gasteiger partial charge in [-0.05, 0) is 17.9 Å². The zero-order valence-corrected chi connectivity index (χ0v) is 9.50. The zero-order valence-electron chi connectivity index (χ0n) is 8.68. The number of nitrogens with one attached hydrogen (secondary N) is 1. The van der Waals surface area contributed by atoms with E-state index < -0.39 is 17.9 Å². The minimum Gasteiger partial charge on any atom is -0.481 e. The highest BCUT2D eigenvalue weighted by Crippen LogP contribution is 2.08. The van der Waals surface area contributed by atoms with Crippen molar-refractivity contribution in [2.45, 2.75) is 18.9 Å². The lowest BCUT2D eigenvalue weighted by Gasteiger charge is -2.09. The predicted molar refractivity (Wildman–Crippen MR) is 61.3 cm³/mol. The largest absolute Gasteiger partial charge is 0.481 e. The van der Waals surface area contributed by atoms with Crippen molar-refractivity contribution in [3.05, 3.63) is 22.4 Å². The first-order chi connectivity index (χ1) is 7.59. The molecule has 1 amide bonds. The summed E-state index contributed by atoms with van der Waals surface area (Å²) >= 11 is 1.62. The van der Waals surface area contributed by atoms with Crippen molar-refractivity contribution >= 4 is 23.2 Å². The lowest BCUT2D eigenvalue weighted by Crippen LogP contribution is -2.42. The monoisotopic (exact) mass is 242 g/mol. The number of rotatable bonds is 6. The van der Waals surface area contributed by atoms with E-state index in [1.165, 1.54) is 4.88 Å². The number of hydrogen-bond acceptors (Lipinski definition) is 4. The number of carbonyl (C=O) groups is 2. The molecule has 0 aromatic carbocycles. The molecule has 0 fully saturated rings. The SMILES string of the molecule is NC(CC(=O)O)C(=O)NCCc1cccs1. The third-order valence-corrected chi connectivity index (χ3v) is 2.92. The molecule has 1 heterocycles. The highest BCUT2D eigenvalue weighted by atomic mass is 32.1. The van der Waals surface area contributed by atoms with Gasteiger partial charge in [0.25, 0.3) is 0 Å². The number of carbonyl (C=O) groups excluding carboxylic acids is 1. The molecule has 1 unspecified atom stereocenters. The second-order valence-corrected chi connectivity index (χ2v) is 4.36. The fraction of sp³-hybridized carbons (Fsp3) is 0.400. The topological polar surface area (TPSA) is 92.4 Å². The summed E-state index contributed by atoms with van der Waals surface area (Å²) in [6.07, 6.45) is 0.397. The highest BCUT2D eigenvalue weighted by Gasteiger charge is 2.16. The van der Waals surface area contributed by atoms with E-state index in [1.54, 1.807) is 11.3 Å². The predicted octanol–water partition coefficient (Wildman–Crippen LogP) is 0.209. The smallest absolute Gasteiger partial charge is 0.305 e. The maximum atomic E-state index is 11.3. The van der Waals surface area contributed by atoms with Crippen LogP contribution in [0.3, 0.4) is 0 Å². The molecule has 0 spiro atoms. The molecule has 1 aromatic heterocycles. The first-order valence-electron chi connectivity index (χ1n) is 4.87. The summed E-state index contributed by atoms with van der Waals surface area (Å²) in [7, 11) is 0. The summed E-state index contributed by atoms with van der Waals surface area (Å²) in [4.78, 5) is 22.8. The molecule has 0 bridgehead atoms. The molecule has 0 radical (unpaired) electrons. The van der Waals surface area contributed by atoms with Crippen LogP contribution in [0.5, 0.6) is 0 Å². The van der Waals surface area contributed by atoms with Crippen molar-refractivity contribution in [2.75, 3.05) is 6.54 Å². The molecule has 88 valence electrons. The Kier molecular flexibility index (Phi) is 4.94. The summed E-state index contributed by atoms with van der Waals surface area (Å²) in [6.45, 7) is 0.479. The van der Waals surface area contributed by atoms with Crippen LogP contribution in [0.1, 0.15) is 11.3 Å². The lowest BCUT2D eigenvalue weighted by molar-refractivity contribution is -0.139. The van der Waals surface area contributed by atoms with Crippen LogP contribution in [0.25, 0.3) is 0 Å². The van der Waals surface area contributed by atoms with Gasteiger partial charge in [0.15, 0.2) is 0 Å². The van der Waals surface area contributed by atoms with E-state index in [0.717, 1.165) is 6.42 Å². The molecule has 0 aliphatic carbocycles. The number of nitrogens with two attached hydrogens (primary N) is 1. The Morgan fingerprint density at radius 2 is 2.31 bits per heavy atom. The molecule has 5 nitrogen and oxygen atoms in total. The molecule has 4 N–H and O–H groups in total. The van der Waals surface area contributed by atoms with E-state index in [0.29, 0.717) is 6.54 Å². The Morgan fingerprint density at radius 1 is 1.56 bits per heavy atom. The van der Waals surface area contributed by atoms with Gasteiger partial charge >= 0.3 is 5.97 Å². The number of carboxylic acid groups (broad SMARTS) is 1. The third-order valence-electron chi connectivity index (χ3n) is 1.98. The van der Waals surface area contributed by atoms with Gasteiger partial charge in [-0.2, -0.15) is 0 Å². The Morgan fingerprint density at radius 3 is 2.88 bits per heavy atom. The second kappa shape index (κ2) is 6.24. The quantitative estimate of drug-likeness (QED) is 0.665. The molecule has 0 aliphatic heterocycles. The molecule has 1 aromatic rings. The van der Waals surface area contributed by atoms with Crippen molar-refractivity contribution in [3.8, 4) is 0 Å². The van der Waals surface area contributed by atoms with E-state index in [1.807, 2.05) is 17.5 Å². The molecule has 16 heavy (non-hydrogen) atoms. The number of aliphatic carboxylic acids is 1. The number of amides is 1. The van der Waals surface area contributed by atoms with E-state index in [4.69, 9.17) is 10.8 Å². The van der Waals surface area contributed by atoms with Crippen LogP contribution in [-0.4, -0.2) is 29.6 Å². The van der Waals surface area contributed by atoms with Crippen LogP contribution in [0.15, 0.2) is 17.5 Å². The lowest BCUT2D eigenvalue weighted by atomic mass is 10.2. The average Bonchev–Trinajstić information content (AvgIpc) is 2.69. The average molecular weight is 242 g/mol. The first-order valence-corrected chi connectivity index (χ1v) is 5.75. The third kappa shape index (κ3) is 4.41. The Bertz CT molecular complexity index is 351. The molecular formula is C10H14N2O3S. The van der Waals surface area contributed by atoms with Gasteiger partial charge in [0, 0.05) is 11.4 Å². The normalized spacial score (nSPS) is 12.1. The maximum Gasteiger partial charge on any atom is 0.305 e. The van der Waals surface area contributed by atoms with Crippen molar-refractivity contribution in [1.82, 2.24) is 5.32 Å². The van der Waals surface area contributed by atoms with Crippen molar-refractivity contribution in [3.63, 3.8) is 0 Å². The molecule has 1 rings (SSSR count). The molecule has 1 atom stereocenters. The molecule has 0 saturated heterocycles. The van der Waals surface area contributed by atoms with Crippen LogP contribution in [0.4, 0.5) is 0 Å². The number of carboxylic acids is 1. The van der Waals surface area contributed by atoms with Crippen molar-refractivity contribution in [2.24, 2.45) is 5.73 Å².